The van der Waals surface area contributed by atoms with Crippen LogP contribution in [0.2, 0.25) is 0 Å². The number of methoxy groups -OCH3 is 1. The molecule has 0 spiro atoms. The van der Waals surface area contributed by atoms with Gasteiger partial charge in [-0.3, -0.25) is 9.69 Å². The summed E-state index contributed by atoms with van der Waals surface area (Å²) in [7, 11) is 1.56. The topological polar surface area (TPSA) is 91.9 Å². The van der Waals surface area contributed by atoms with Crippen molar-refractivity contribution in [2.24, 2.45) is 0 Å². The highest BCUT2D eigenvalue weighted by Crippen LogP contribution is 1.94. The average Bonchev–Trinajstić information content (AvgIpc) is 2.46. The Morgan fingerprint density at radius 3 is 2.60 bits per heavy atom. The van der Waals surface area contributed by atoms with Gasteiger partial charge in [0.2, 0.25) is 5.91 Å². The van der Waals surface area contributed by atoms with E-state index in [-0.39, 0.29) is 18.5 Å². The first-order chi connectivity index (χ1) is 9.72. The van der Waals surface area contributed by atoms with Crippen molar-refractivity contribution < 1.29 is 19.1 Å². The molecule has 0 aromatic heterocycles. The molecule has 1 aliphatic rings. The molecule has 0 aromatic carbocycles. The number of hydrogen-bond acceptors (Lipinski definition) is 5. The number of ether oxygens (including phenoxy) is 2. The van der Waals surface area contributed by atoms with Gasteiger partial charge in [-0.1, -0.05) is 0 Å². The number of carbonyl (C=O) groups is 2. The SMILES string of the molecule is COCCNC(=O)NCC(=O)NCCN1CCOCC1. The second-order valence-electron chi connectivity index (χ2n) is 4.41. The van der Waals surface area contributed by atoms with Gasteiger partial charge in [0.15, 0.2) is 0 Å². The fraction of sp³-hybridized carbons (Fsp3) is 0.833. The average molecular weight is 288 g/mol. The van der Waals surface area contributed by atoms with Gasteiger partial charge in [-0.15, -0.1) is 0 Å². The summed E-state index contributed by atoms with van der Waals surface area (Å²) in [5.41, 5.74) is 0. The first kappa shape index (κ1) is 16.7. The molecule has 3 N–H and O–H groups in total. The summed E-state index contributed by atoms with van der Waals surface area (Å²) in [6.45, 7) is 5.50. The monoisotopic (exact) mass is 288 g/mol. The van der Waals surface area contributed by atoms with E-state index in [1.54, 1.807) is 7.11 Å². The maximum absolute atomic E-state index is 11.5. The van der Waals surface area contributed by atoms with Crippen LogP contribution in [0, 0.1) is 0 Å². The van der Waals surface area contributed by atoms with Gasteiger partial charge in [-0.05, 0) is 0 Å². The van der Waals surface area contributed by atoms with Crippen LogP contribution in [-0.4, -0.2) is 83.0 Å². The molecular weight excluding hydrogens is 264 g/mol. The third-order valence-electron chi connectivity index (χ3n) is 2.86. The normalized spacial score (nSPS) is 15.7. The number of carbonyl (C=O) groups excluding carboxylic acids is 2. The summed E-state index contributed by atoms with van der Waals surface area (Å²) in [6, 6.07) is -0.370. The molecule has 1 rings (SSSR count). The first-order valence-corrected chi connectivity index (χ1v) is 6.80. The van der Waals surface area contributed by atoms with E-state index in [0.29, 0.717) is 19.7 Å². The fourth-order valence-corrected chi connectivity index (χ4v) is 1.73. The van der Waals surface area contributed by atoms with Crippen LogP contribution in [0.3, 0.4) is 0 Å². The van der Waals surface area contributed by atoms with Crippen molar-refractivity contribution in [2.75, 3.05) is 66.2 Å². The summed E-state index contributed by atoms with van der Waals surface area (Å²) in [5.74, 6) is -0.194. The van der Waals surface area contributed by atoms with Gasteiger partial charge < -0.3 is 25.4 Å². The number of nitrogens with one attached hydrogen (secondary N) is 3. The van der Waals surface area contributed by atoms with Gasteiger partial charge in [0.05, 0.1) is 26.4 Å². The number of rotatable bonds is 8. The lowest BCUT2D eigenvalue weighted by Crippen LogP contribution is -2.45. The van der Waals surface area contributed by atoms with Gasteiger partial charge in [-0.2, -0.15) is 0 Å². The zero-order chi connectivity index (χ0) is 14.6. The lowest BCUT2D eigenvalue weighted by Gasteiger charge is -2.26. The minimum atomic E-state index is -0.370. The molecule has 0 aliphatic carbocycles. The molecule has 1 fully saturated rings. The minimum absolute atomic E-state index is 0.0259. The van der Waals surface area contributed by atoms with Gasteiger partial charge in [-0.25, -0.2) is 4.79 Å². The van der Waals surface area contributed by atoms with Crippen LogP contribution in [0.15, 0.2) is 0 Å². The summed E-state index contributed by atoms with van der Waals surface area (Å²) in [6.07, 6.45) is 0. The molecule has 3 amide bonds. The van der Waals surface area contributed by atoms with E-state index in [9.17, 15) is 9.59 Å². The molecule has 0 saturated carbocycles. The molecule has 8 nitrogen and oxygen atoms in total. The van der Waals surface area contributed by atoms with Crippen molar-refractivity contribution in [1.29, 1.82) is 0 Å². The zero-order valence-electron chi connectivity index (χ0n) is 11.9. The summed E-state index contributed by atoms with van der Waals surface area (Å²) in [5, 5.41) is 7.81. The molecule has 20 heavy (non-hydrogen) atoms. The van der Waals surface area contributed by atoms with Crippen LogP contribution in [0.5, 0.6) is 0 Å². The molecule has 1 saturated heterocycles. The van der Waals surface area contributed by atoms with Gasteiger partial charge in [0.1, 0.15) is 0 Å². The highest BCUT2D eigenvalue weighted by molar-refractivity contribution is 5.83. The molecule has 1 aliphatic heterocycles. The smallest absolute Gasteiger partial charge is 0.315 e. The molecule has 116 valence electrons. The molecule has 0 unspecified atom stereocenters. The Morgan fingerprint density at radius 2 is 1.90 bits per heavy atom. The molecular formula is C12H24N4O4. The molecule has 0 atom stereocenters. The molecule has 1 heterocycles. The third kappa shape index (κ3) is 7.93. The maximum Gasteiger partial charge on any atom is 0.315 e. The van der Waals surface area contributed by atoms with Crippen molar-refractivity contribution in [3.8, 4) is 0 Å². The zero-order valence-corrected chi connectivity index (χ0v) is 11.9. The molecule has 0 bridgehead atoms. The Bertz CT molecular complexity index is 295. The van der Waals surface area contributed by atoms with Crippen LogP contribution in [0.1, 0.15) is 0 Å². The Kier molecular flexibility index (Phi) is 8.68. The number of amides is 3. The molecule has 0 radical (unpaired) electrons. The summed E-state index contributed by atoms with van der Waals surface area (Å²) < 4.78 is 10.0. The molecule has 8 heteroatoms. The van der Waals surface area contributed by atoms with Gasteiger partial charge in [0.25, 0.3) is 0 Å². The van der Waals surface area contributed by atoms with Crippen molar-refractivity contribution in [3.63, 3.8) is 0 Å². The first-order valence-electron chi connectivity index (χ1n) is 6.80. The summed E-state index contributed by atoms with van der Waals surface area (Å²) in [4.78, 5) is 25.0. The Morgan fingerprint density at radius 1 is 1.15 bits per heavy atom. The Labute approximate surface area is 119 Å². The predicted molar refractivity (Wildman–Crippen MR) is 73.5 cm³/mol. The van der Waals surface area contributed by atoms with E-state index in [0.717, 1.165) is 32.8 Å². The predicted octanol–water partition coefficient (Wildman–Crippen LogP) is -1.62. The quantitative estimate of drug-likeness (QED) is 0.467. The van der Waals surface area contributed by atoms with Gasteiger partial charge in [0, 0.05) is 39.8 Å². The number of hydrogen-bond donors (Lipinski definition) is 3. The number of urea groups is 1. The van der Waals surface area contributed by atoms with Crippen molar-refractivity contribution in [2.45, 2.75) is 0 Å². The fourth-order valence-electron chi connectivity index (χ4n) is 1.73. The lowest BCUT2D eigenvalue weighted by atomic mass is 10.4. The summed E-state index contributed by atoms with van der Waals surface area (Å²) >= 11 is 0. The van der Waals surface area contributed by atoms with E-state index < -0.39 is 0 Å². The maximum atomic E-state index is 11.5. The second kappa shape index (κ2) is 10.4. The second-order valence-corrected chi connectivity index (χ2v) is 4.41. The highest BCUT2D eigenvalue weighted by Gasteiger charge is 2.10. The van der Waals surface area contributed by atoms with E-state index in [4.69, 9.17) is 9.47 Å². The Balaban J connectivity index is 1.98. The lowest BCUT2D eigenvalue weighted by molar-refractivity contribution is -0.120. The van der Waals surface area contributed by atoms with E-state index in [1.807, 2.05) is 0 Å². The van der Waals surface area contributed by atoms with Crippen LogP contribution >= 0.6 is 0 Å². The molecule has 0 aromatic rings. The van der Waals surface area contributed by atoms with E-state index in [1.165, 1.54) is 0 Å². The van der Waals surface area contributed by atoms with Crippen molar-refractivity contribution in [3.05, 3.63) is 0 Å². The number of nitrogens with zero attached hydrogens (tertiary/aromatic N) is 1. The highest BCUT2D eigenvalue weighted by atomic mass is 16.5. The number of morpholine rings is 1. The van der Waals surface area contributed by atoms with E-state index in [2.05, 4.69) is 20.9 Å². The van der Waals surface area contributed by atoms with Crippen LogP contribution in [0.4, 0.5) is 4.79 Å². The van der Waals surface area contributed by atoms with Gasteiger partial charge >= 0.3 is 6.03 Å². The van der Waals surface area contributed by atoms with Crippen LogP contribution in [-0.2, 0) is 14.3 Å². The van der Waals surface area contributed by atoms with Crippen LogP contribution in [0.25, 0.3) is 0 Å². The van der Waals surface area contributed by atoms with E-state index >= 15 is 0 Å². The third-order valence-corrected chi connectivity index (χ3v) is 2.86. The Hall–Kier alpha value is -1.38. The van der Waals surface area contributed by atoms with Crippen molar-refractivity contribution in [1.82, 2.24) is 20.9 Å². The standard InChI is InChI=1S/C12H24N4O4/c1-19-7-3-14-12(18)15-10-11(17)13-2-4-16-5-8-20-9-6-16/h2-10H2,1H3,(H,13,17)(H2,14,15,18). The minimum Gasteiger partial charge on any atom is -0.383 e. The van der Waals surface area contributed by atoms with Crippen molar-refractivity contribution >= 4 is 11.9 Å². The largest absolute Gasteiger partial charge is 0.383 e. The van der Waals surface area contributed by atoms with Crippen LogP contribution < -0.4 is 16.0 Å².